The summed E-state index contributed by atoms with van der Waals surface area (Å²) in [5.41, 5.74) is 0.268. The first-order valence-corrected chi connectivity index (χ1v) is 7.95. The van der Waals surface area contributed by atoms with Gasteiger partial charge in [-0.2, -0.15) is 0 Å². The Bertz CT molecular complexity index is 648. The number of sulfonamides is 1. The first kappa shape index (κ1) is 17.5. The van der Waals surface area contributed by atoms with Crippen molar-refractivity contribution >= 4 is 10.0 Å². The summed E-state index contributed by atoms with van der Waals surface area (Å²) in [6.45, 7) is 5.87. The number of benzene rings is 1. The highest BCUT2D eigenvalue weighted by atomic mass is 32.2. The summed E-state index contributed by atoms with van der Waals surface area (Å²) in [6.07, 6.45) is 0. The number of hydrogen-bond donors (Lipinski definition) is 2. The van der Waals surface area contributed by atoms with Crippen LogP contribution in [0.5, 0.6) is 5.75 Å². The molecule has 1 rings (SSSR count). The zero-order chi connectivity index (χ0) is 16.1. The lowest BCUT2D eigenvalue weighted by Gasteiger charge is -2.19. The standard InChI is InChI=1S/C15H21NO4S/c1-15(2,3)11-16-21(18,19)13-7-8-14(20-4)12(10-13)6-5-9-17/h7-8,10,16-17H,9,11H2,1-4H3. The van der Waals surface area contributed by atoms with Crippen LogP contribution in [0.4, 0.5) is 0 Å². The minimum atomic E-state index is -3.60. The van der Waals surface area contributed by atoms with E-state index in [0.29, 0.717) is 17.9 Å². The fourth-order valence-corrected chi connectivity index (χ4v) is 2.79. The van der Waals surface area contributed by atoms with Crippen molar-refractivity contribution < 1.29 is 18.3 Å². The molecule has 0 atom stereocenters. The van der Waals surface area contributed by atoms with E-state index in [0.717, 1.165) is 0 Å². The first-order chi connectivity index (χ1) is 9.69. The third-order valence-corrected chi connectivity index (χ3v) is 3.97. The van der Waals surface area contributed by atoms with Gasteiger partial charge >= 0.3 is 0 Å². The SMILES string of the molecule is COc1ccc(S(=O)(=O)NCC(C)(C)C)cc1C#CCO. The average molecular weight is 311 g/mol. The van der Waals surface area contributed by atoms with Crippen molar-refractivity contribution in [1.29, 1.82) is 0 Å². The summed E-state index contributed by atoms with van der Waals surface area (Å²) in [4.78, 5) is 0.120. The van der Waals surface area contributed by atoms with Crippen molar-refractivity contribution in [3.63, 3.8) is 0 Å². The zero-order valence-electron chi connectivity index (χ0n) is 12.7. The molecule has 0 aliphatic carbocycles. The Morgan fingerprint density at radius 3 is 2.52 bits per heavy atom. The summed E-state index contributed by atoms with van der Waals surface area (Å²) in [7, 11) is -2.12. The van der Waals surface area contributed by atoms with Gasteiger partial charge in [-0.1, -0.05) is 32.6 Å². The average Bonchev–Trinajstić information content (AvgIpc) is 2.42. The van der Waals surface area contributed by atoms with Crippen LogP contribution in [0.25, 0.3) is 0 Å². The van der Waals surface area contributed by atoms with Gasteiger partial charge in [0, 0.05) is 6.54 Å². The van der Waals surface area contributed by atoms with Gasteiger partial charge in [0.1, 0.15) is 12.4 Å². The van der Waals surface area contributed by atoms with Gasteiger partial charge in [-0.3, -0.25) is 0 Å². The molecule has 0 amide bonds. The summed E-state index contributed by atoms with van der Waals surface area (Å²) in [5, 5.41) is 8.75. The predicted molar refractivity (Wildman–Crippen MR) is 81.6 cm³/mol. The highest BCUT2D eigenvalue weighted by Crippen LogP contribution is 2.22. The minimum absolute atomic E-state index is 0.120. The van der Waals surface area contributed by atoms with Crippen molar-refractivity contribution in [1.82, 2.24) is 4.72 Å². The van der Waals surface area contributed by atoms with Crippen molar-refractivity contribution in [2.75, 3.05) is 20.3 Å². The molecule has 0 aliphatic rings. The number of aliphatic hydroxyl groups is 1. The number of rotatable bonds is 4. The van der Waals surface area contributed by atoms with Gasteiger partial charge in [-0.05, 0) is 23.6 Å². The number of nitrogens with one attached hydrogen (secondary N) is 1. The van der Waals surface area contributed by atoms with Crippen LogP contribution < -0.4 is 9.46 Å². The molecular formula is C15H21NO4S. The minimum Gasteiger partial charge on any atom is -0.495 e. The molecule has 0 radical (unpaired) electrons. The quantitative estimate of drug-likeness (QED) is 0.823. The topological polar surface area (TPSA) is 75.6 Å². The molecule has 21 heavy (non-hydrogen) atoms. The van der Waals surface area contributed by atoms with Gasteiger partial charge in [0.2, 0.25) is 10.0 Å². The molecule has 0 unspecified atom stereocenters. The summed E-state index contributed by atoms with van der Waals surface area (Å²) in [6, 6.07) is 4.45. The van der Waals surface area contributed by atoms with E-state index in [2.05, 4.69) is 16.6 Å². The molecule has 1 aromatic carbocycles. The summed E-state index contributed by atoms with van der Waals surface area (Å²) >= 11 is 0. The van der Waals surface area contributed by atoms with E-state index in [-0.39, 0.29) is 16.9 Å². The monoisotopic (exact) mass is 311 g/mol. The molecule has 0 heterocycles. The normalized spacial score (nSPS) is 11.7. The molecule has 5 nitrogen and oxygen atoms in total. The van der Waals surface area contributed by atoms with Gasteiger partial charge in [-0.25, -0.2) is 13.1 Å². The molecule has 116 valence electrons. The van der Waals surface area contributed by atoms with Crippen molar-refractivity contribution in [2.24, 2.45) is 5.41 Å². The Labute approximate surface area is 126 Å². The highest BCUT2D eigenvalue weighted by Gasteiger charge is 2.19. The van der Waals surface area contributed by atoms with Crippen LogP contribution >= 0.6 is 0 Å². The van der Waals surface area contributed by atoms with Crippen molar-refractivity contribution in [3.05, 3.63) is 23.8 Å². The summed E-state index contributed by atoms with van der Waals surface area (Å²) < 4.78 is 32.2. The Kier molecular flexibility index (Phi) is 5.78. The third kappa shape index (κ3) is 5.38. The largest absolute Gasteiger partial charge is 0.495 e. The molecule has 0 saturated carbocycles. The smallest absolute Gasteiger partial charge is 0.240 e. The number of ether oxygens (including phenoxy) is 1. The van der Waals surface area contributed by atoms with Crippen LogP contribution in [0.3, 0.4) is 0 Å². The molecule has 2 N–H and O–H groups in total. The number of hydrogen-bond acceptors (Lipinski definition) is 4. The maximum absolute atomic E-state index is 12.3. The van der Waals surface area contributed by atoms with Crippen LogP contribution in [0.1, 0.15) is 26.3 Å². The van der Waals surface area contributed by atoms with Gasteiger partial charge in [-0.15, -0.1) is 0 Å². The van der Waals surface area contributed by atoms with E-state index < -0.39 is 10.0 Å². The lowest BCUT2D eigenvalue weighted by Crippen LogP contribution is -2.32. The fraction of sp³-hybridized carbons (Fsp3) is 0.467. The van der Waals surface area contributed by atoms with Crippen molar-refractivity contribution in [3.8, 4) is 17.6 Å². The highest BCUT2D eigenvalue weighted by molar-refractivity contribution is 7.89. The van der Waals surface area contributed by atoms with Gasteiger partial charge in [0.05, 0.1) is 17.6 Å². The second-order valence-electron chi connectivity index (χ2n) is 5.71. The molecule has 0 fully saturated rings. The van der Waals surface area contributed by atoms with Crippen LogP contribution in [0, 0.1) is 17.3 Å². The van der Waals surface area contributed by atoms with Gasteiger partial charge < -0.3 is 9.84 Å². The Morgan fingerprint density at radius 2 is 2.00 bits per heavy atom. The maximum atomic E-state index is 12.3. The fourth-order valence-electron chi connectivity index (χ4n) is 1.48. The van der Waals surface area contributed by atoms with Crippen LogP contribution in [0.2, 0.25) is 0 Å². The lowest BCUT2D eigenvalue weighted by atomic mass is 9.98. The van der Waals surface area contributed by atoms with E-state index in [4.69, 9.17) is 9.84 Å². The van der Waals surface area contributed by atoms with E-state index in [1.165, 1.54) is 19.2 Å². The van der Waals surface area contributed by atoms with E-state index >= 15 is 0 Å². The van der Waals surface area contributed by atoms with Gasteiger partial charge in [0.15, 0.2) is 0 Å². The molecular weight excluding hydrogens is 290 g/mol. The zero-order valence-corrected chi connectivity index (χ0v) is 13.5. The molecule has 0 aromatic heterocycles. The number of aliphatic hydroxyl groups excluding tert-OH is 1. The first-order valence-electron chi connectivity index (χ1n) is 6.47. The third-order valence-electron chi connectivity index (χ3n) is 2.58. The molecule has 0 saturated heterocycles. The van der Waals surface area contributed by atoms with Crippen LogP contribution in [-0.4, -0.2) is 33.8 Å². The Balaban J connectivity index is 3.13. The Morgan fingerprint density at radius 1 is 1.33 bits per heavy atom. The number of methoxy groups -OCH3 is 1. The lowest BCUT2D eigenvalue weighted by molar-refractivity contribution is 0.350. The molecule has 0 aliphatic heterocycles. The molecule has 1 aromatic rings. The predicted octanol–water partition coefficient (Wildman–Crippen LogP) is 1.36. The molecule has 0 bridgehead atoms. The van der Waals surface area contributed by atoms with E-state index in [1.54, 1.807) is 6.07 Å². The van der Waals surface area contributed by atoms with Crippen LogP contribution in [-0.2, 0) is 10.0 Å². The molecule has 0 spiro atoms. The second-order valence-corrected chi connectivity index (χ2v) is 7.47. The Hall–Kier alpha value is -1.55. The maximum Gasteiger partial charge on any atom is 0.240 e. The van der Waals surface area contributed by atoms with E-state index in [1.807, 2.05) is 20.8 Å². The molecule has 6 heteroatoms. The second kappa shape index (κ2) is 6.94. The van der Waals surface area contributed by atoms with E-state index in [9.17, 15) is 8.42 Å². The van der Waals surface area contributed by atoms with Gasteiger partial charge in [0.25, 0.3) is 0 Å². The summed E-state index contributed by atoms with van der Waals surface area (Å²) in [5.74, 6) is 5.63. The van der Waals surface area contributed by atoms with Crippen molar-refractivity contribution in [2.45, 2.75) is 25.7 Å². The van der Waals surface area contributed by atoms with Crippen LogP contribution in [0.15, 0.2) is 23.1 Å².